The summed E-state index contributed by atoms with van der Waals surface area (Å²) in [6.07, 6.45) is 10.5. The van der Waals surface area contributed by atoms with Gasteiger partial charge in [0.2, 0.25) is 0 Å². The van der Waals surface area contributed by atoms with Crippen molar-refractivity contribution in [2.24, 2.45) is 5.73 Å². The molecule has 0 saturated carbocycles. The van der Waals surface area contributed by atoms with Crippen molar-refractivity contribution >= 4 is 0 Å². The summed E-state index contributed by atoms with van der Waals surface area (Å²) in [5.41, 5.74) is 5.31. The zero-order chi connectivity index (χ0) is 9.78. The van der Waals surface area contributed by atoms with E-state index in [1.54, 1.807) is 0 Å². The van der Waals surface area contributed by atoms with E-state index in [2.05, 4.69) is 12.2 Å². The van der Waals surface area contributed by atoms with Gasteiger partial charge in [0.25, 0.3) is 0 Å². The third-order valence-corrected chi connectivity index (χ3v) is 2.25. The Bertz CT molecular complexity index is 74.2. The van der Waals surface area contributed by atoms with Gasteiger partial charge in [-0.05, 0) is 13.0 Å². The molecule has 3 N–H and O–H groups in total. The van der Waals surface area contributed by atoms with Crippen LogP contribution in [-0.2, 0) is 0 Å². The summed E-state index contributed by atoms with van der Waals surface area (Å²) in [7, 11) is 0. The predicted molar refractivity (Wildman–Crippen MR) is 59.4 cm³/mol. The lowest BCUT2D eigenvalue weighted by Gasteiger charge is -2.01. The van der Waals surface area contributed by atoms with E-state index < -0.39 is 0 Å². The number of nitrogens with two attached hydrogens (primary N) is 1. The van der Waals surface area contributed by atoms with E-state index in [1.807, 2.05) is 0 Å². The number of unbranched alkanes of at least 4 members (excludes halogenated alkanes) is 7. The third kappa shape index (κ3) is 11.9. The molecular formula is C11H25N2. The van der Waals surface area contributed by atoms with Crippen LogP contribution >= 0.6 is 0 Å². The molecule has 0 unspecified atom stereocenters. The summed E-state index contributed by atoms with van der Waals surface area (Å²) in [4.78, 5) is 0. The number of hydrogen-bond acceptors (Lipinski definition) is 2. The van der Waals surface area contributed by atoms with E-state index in [4.69, 9.17) is 5.73 Å². The quantitative estimate of drug-likeness (QED) is 0.405. The van der Waals surface area contributed by atoms with Gasteiger partial charge in [-0.1, -0.05) is 51.9 Å². The van der Waals surface area contributed by atoms with E-state index in [0.29, 0.717) is 6.67 Å². The van der Waals surface area contributed by atoms with Crippen LogP contribution in [0.15, 0.2) is 0 Å². The molecule has 2 nitrogen and oxygen atoms in total. The van der Waals surface area contributed by atoms with E-state index in [1.165, 1.54) is 44.9 Å². The molecule has 0 aliphatic heterocycles. The fourth-order valence-corrected chi connectivity index (χ4v) is 1.41. The molecule has 79 valence electrons. The van der Waals surface area contributed by atoms with E-state index in [0.717, 1.165) is 13.0 Å². The summed E-state index contributed by atoms with van der Waals surface area (Å²) >= 11 is 0. The highest BCUT2D eigenvalue weighted by Crippen LogP contribution is 2.07. The lowest BCUT2D eigenvalue weighted by molar-refractivity contribution is 0.561. The van der Waals surface area contributed by atoms with Gasteiger partial charge in [-0.2, -0.15) is 0 Å². The van der Waals surface area contributed by atoms with Crippen LogP contribution in [0.2, 0.25) is 0 Å². The second-order valence-electron chi connectivity index (χ2n) is 3.53. The third-order valence-electron chi connectivity index (χ3n) is 2.25. The van der Waals surface area contributed by atoms with Crippen molar-refractivity contribution in [3.05, 3.63) is 6.92 Å². The standard InChI is InChI=1S/C11H25N2/c1-2-3-4-5-6-7-8-9-10-13-11-12/h13H,1-12H2. The lowest BCUT2D eigenvalue weighted by Crippen LogP contribution is -2.23. The fraction of sp³-hybridized carbons (Fsp3) is 0.909. The smallest absolute Gasteiger partial charge is 0.0428 e. The highest BCUT2D eigenvalue weighted by atomic mass is 14.9. The molecule has 2 heteroatoms. The molecule has 0 saturated heterocycles. The van der Waals surface area contributed by atoms with Crippen molar-refractivity contribution < 1.29 is 0 Å². The molecular weight excluding hydrogens is 160 g/mol. The van der Waals surface area contributed by atoms with E-state index in [-0.39, 0.29) is 0 Å². The maximum Gasteiger partial charge on any atom is 0.0428 e. The van der Waals surface area contributed by atoms with Crippen LogP contribution in [-0.4, -0.2) is 13.2 Å². The average Bonchev–Trinajstić information content (AvgIpc) is 2.16. The average molecular weight is 185 g/mol. The van der Waals surface area contributed by atoms with Gasteiger partial charge in [-0.3, -0.25) is 0 Å². The summed E-state index contributed by atoms with van der Waals surface area (Å²) < 4.78 is 0. The Morgan fingerprint density at radius 1 is 0.846 bits per heavy atom. The number of rotatable bonds is 10. The van der Waals surface area contributed by atoms with Gasteiger partial charge in [0.15, 0.2) is 0 Å². The molecule has 0 aromatic rings. The largest absolute Gasteiger partial charge is 0.318 e. The Morgan fingerprint density at radius 3 is 1.92 bits per heavy atom. The molecule has 0 rings (SSSR count). The van der Waals surface area contributed by atoms with Crippen LogP contribution in [0.25, 0.3) is 0 Å². The minimum Gasteiger partial charge on any atom is -0.318 e. The van der Waals surface area contributed by atoms with Crippen LogP contribution < -0.4 is 11.1 Å². The normalized spacial score (nSPS) is 10.6. The van der Waals surface area contributed by atoms with Crippen molar-refractivity contribution in [1.82, 2.24) is 5.32 Å². The Hall–Kier alpha value is -0.0800. The highest BCUT2D eigenvalue weighted by Gasteiger charge is 1.90. The zero-order valence-electron chi connectivity index (χ0n) is 8.86. The van der Waals surface area contributed by atoms with Crippen molar-refractivity contribution in [2.45, 2.75) is 51.4 Å². The minimum absolute atomic E-state index is 0.615. The molecule has 0 aromatic carbocycles. The molecule has 0 amide bonds. The fourth-order valence-electron chi connectivity index (χ4n) is 1.41. The topological polar surface area (TPSA) is 38.0 Å². The van der Waals surface area contributed by atoms with Crippen LogP contribution in [0.3, 0.4) is 0 Å². The van der Waals surface area contributed by atoms with Gasteiger partial charge in [0, 0.05) is 6.67 Å². The molecule has 0 heterocycles. The monoisotopic (exact) mass is 185 g/mol. The van der Waals surface area contributed by atoms with Gasteiger partial charge >= 0.3 is 0 Å². The summed E-state index contributed by atoms with van der Waals surface area (Å²) in [6.45, 7) is 5.53. The van der Waals surface area contributed by atoms with Gasteiger partial charge in [-0.15, -0.1) is 0 Å². The molecule has 1 radical (unpaired) electrons. The second-order valence-corrected chi connectivity index (χ2v) is 3.53. The summed E-state index contributed by atoms with van der Waals surface area (Å²) in [5, 5.41) is 3.13. The summed E-state index contributed by atoms with van der Waals surface area (Å²) in [5.74, 6) is 0. The maximum absolute atomic E-state index is 5.31. The predicted octanol–water partition coefficient (Wildman–Crippen LogP) is 2.45. The van der Waals surface area contributed by atoms with Gasteiger partial charge in [-0.25, -0.2) is 0 Å². The highest BCUT2D eigenvalue weighted by molar-refractivity contribution is 4.49. The molecule has 0 spiro atoms. The maximum atomic E-state index is 5.31. The Morgan fingerprint density at radius 2 is 1.38 bits per heavy atom. The first-order valence-corrected chi connectivity index (χ1v) is 5.62. The van der Waals surface area contributed by atoms with E-state index >= 15 is 0 Å². The van der Waals surface area contributed by atoms with Gasteiger partial charge < -0.3 is 11.1 Å². The number of nitrogens with one attached hydrogen (secondary N) is 1. The minimum atomic E-state index is 0.615. The molecule has 0 aromatic heterocycles. The Balaban J connectivity index is 2.76. The SMILES string of the molecule is [CH2]CCCCCCCCCNCN. The van der Waals surface area contributed by atoms with Crippen molar-refractivity contribution in [3.63, 3.8) is 0 Å². The lowest BCUT2D eigenvalue weighted by atomic mass is 10.1. The first kappa shape index (κ1) is 12.9. The molecule has 0 aliphatic carbocycles. The van der Waals surface area contributed by atoms with Crippen molar-refractivity contribution in [1.29, 1.82) is 0 Å². The summed E-state index contributed by atoms with van der Waals surface area (Å²) in [6, 6.07) is 0. The van der Waals surface area contributed by atoms with Crippen LogP contribution in [0, 0.1) is 6.92 Å². The van der Waals surface area contributed by atoms with E-state index in [9.17, 15) is 0 Å². The number of hydrogen-bond donors (Lipinski definition) is 2. The van der Waals surface area contributed by atoms with Crippen LogP contribution in [0.5, 0.6) is 0 Å². The molecule has 0 bridgehead atoms. The Labute approximate surface area is 83.3 Å². The molecule has 0 aliphatic rings. The second kappa shape index (κ2) is 11.9. The Kier molecular flexibility index (Phi) is 11.8. The first-order valence-electron chi connectivity index (χ1n) is 5.62. The van der Waals surface area contributed by atoms with Crippen LogP contribution in [0.1, 0.15) is 51.4 Å². The van der Waals surface area contributed by atoms with Crippen molar-refractivity contribution in [2.75, 3.05) is 13.2 Å². The van der Waals surface area contributed by atoms with Crippen LogP contribution in [0.4, 0.5) is 0 Å². The van der Waals surface area contributed by atoms with Gasteiger partial charge in [0.05, 0.1) is 0 Å². The zero-order valence-corrected chi connectivity index (χ0v) is 8.86. The van der Waals surface area contributed by atoms with Crippen molar-refractivity contribution in [3.8, 4) is 0 Å². The molecule has 13 heavy (non-hydrogen) atoms. The van der Waals surface area contributed by atoms with Gasteiger partial charge in [0.1, 0.15) is 0 Å². The molecule has 0 atom stereocenters. The first-order chi connectivity index (χ1) is 6.41. The molecule has 0 fully saturated rings.